The van der Waals surface area contributed by atoms with Crippen molar-refractivity contribution >= 4 is 9.84 Å². The molecule has 2 atom stereocenters. The highest BCUT2D eigenvalue weighted by Crippen LogP contribution is 2.31. The van der Waals surface area contributed by atoms with Gasteiger partial charge in [0.15, 0.2) is 11.5 Å². The van der Waals surface area contributed by atoms with Gasteiger partial charge in [-0.2, -0.15) is 0 Å². The molecule has 2 aromatic carbocycles. The Morgan fingerprint density at radius 1 is 1.04 bits per heavy atom. The van der Waals surface area contributed by atoms with Crippen LogP contribution in [-0.4, -0.2) is 34.1 Å². The van der Waals surface area contributed by atoms with Crippen molar-refractivity contribution in [1.29, 1.82) is 0 Å². The van der Waals surface area contributed by atoms with Crippen molar-refractivity contribution in [3.8, 4) is 11.5 Å². The van der Waals surface area contributed by atoms with Crippen molar-refractivity contribution in [1.82, 2.24) is 5.32 Å². The Balaban J connectivity index is 2.34. The van der Waals surface area contributed by atoms with Gasteiger partial charge < -0.3 is 14.8 Å². The smallest absolute Gasteiger partial charge is 0.161 e. The molecule has 1 N–H and O–H groups in total. The van der Waals surface area contributed by atoms with Crippen molar-refractivity contribution in [2.75, 3.05) is 25.7 Å². The molecule has 0 heterocycles. The molecule has 0 unspecified atom stereocenters. The minimum atomic E-state index is -3.17. The summed E-state index contributed by atoms with van der Waals surface area (Å²) < 4.78 is 34.9. The maximum atomic E-state index is 12.0. The molecule has 5 nitrogen and oxygen atoms in total. The fourth-order valence-electron chi connectivity index (χ4n) is 2.86. The van der Waals surface area contributed by atoms with Crippen molar-refractivity contribution in [2.24, 2.45) is 0 Å². The SMILES string of the molecule is CCOc1cc([C@@H](CS(C)(=O)=O)N[C@@H](C)c2ccccc2)ccc1OC. The van der Waals surface area contributed by atoms with Crippen LogP contribution >= 0.6 is 0 Å². The lowest BCUT2D eigenvalue weighted by molar-refractivity contribution is 0.310. The van der Waals surface area contributed by atoms with Gasteiger partial charge in [-0.25, -0.2) is 8.42 Å². The summed E-state index contributed by atoms with van der Waals surface area (Å²) in [7, 11) is -1.59. The highest BCUT2D eigenvalue weighted by atomic mass is 32.2. The fraction of sp³-hybridized carbons (Fsp3) is 0.400. The quantitative estimate of drug-likeness (QED) is 0.724. The van der Waals surface area contributed by atoms with Crippen molar-refractivity contribution in [2.45, 2.75) is 25.9 Å². The van der Waals surface area contributed by atoms with Gasteiger partial charge in [-0.15, -0.1) is 0 Å². The van der Waals surface area contributed by atoms with E-state index in [2.05, 4.69) is 5.32 Å². The average molecular weight is 378 g/mol. The van der Waals surface area contributed by atoms with Crippen LogP contribution < -0.4 is 14.8 Å². The number of ether oxygens (including phenoxy) is 2. The first-order chi connectivity index (χ1) is 12.3. The fourth-order valence-corrected chi connectivity index (χ4v) is 3.76. The standard InChI is InChI=1S/C20H27NO4S/c1-5-25-20-13-17(11-12-19(20)24-3)18(14-26(4,22)23)21-15(2)16-9-7-6-8-10-16/h6-13,15,18,21H,5,14H2,1-4H3/t15-,18+/m0/s1. The van der Waals surface area contributed by atoms with E-state index in [0.29, 0.717) is 18.1 Å². The molecule has 2 aromatic rings. The second-order valence-electron chi connectivity index (χ2n) is 6.29. The lowest BCUT2D eigenvalue weighted by atomic mass is 10.0. The van der Waals surface area contributed by atoms with E-state index in [1.165, 1.54) is 6.26 Å². The van der Waals surface area contributed by atoms with Gasteiger partial charge in [-0.1, -0.05) is 36.4 Å². The molecule has 0 bridgehead atoms. The number of sulfone groups is 1. The summed E-state index contributed by atoms with van der Waals surface area (Å²) >= 11 is 0. The Morgan fingerprint density at radius 2 is 1.73 bits per heavy atom. The summed E-state index contributed by atoms with van der Waals surface area (Å²) in [5, 5.41) is 3.44. The zero-order chi connectivity index (χ0) is 19.2. The third-order valence-corrected chi connectivity index (χ3v) is 5.05. The molecule has 26 heavy (non-hydrogen) atoms. The van der Waals surface area contributed by atoms with Crippen molar-refractivity contribution in [3.63, 3.8) is 0 Å². The van der Waals surface area contributed by atoms with Gasteiger partial charge in [0.2, 0.25) is 0 Å². The average Bonchev–Trinajstić information content (AvgIpc) is 2.61. The van der Waals surface area contributed by atoms with Gasteiger partial charge in [-0.3, -0.25) is 0 Å². The minimum absolute atomic E-state index is 0.000551. The lowest BCUT2D eigenvalue weighted by Gasteiger charge is -2.24. The molecule has 0 saturated carbocycles. The maximum absolute atomic E-state index is 12.0. The molecule has 0 aliphatic heterocycles. The van der Waals surface area contributed by atoms with Gasteiger partial charge in [0.05, 0.1) is 19.5 Å². The Bertz CT molecular complexity index is 806. The van der Waals surface area contributed by atoms with E-state index in [1.807, 2.05) is 62.4 Å². The number of hydrogen-bond acceptors (Lipinski definition) is 5. The molecule has 142 valence electrons. The van der Waals surface area contributed by atoms with E-state index in [0.717, 1.165) is 11.1 Å². The predicted molar refractivity (Wildman–Crippen MR) is 105 cm³/mol. The molecule has 0 aromatic heterocycles. The Labute approximate surface area is 156 Å². The van der Waals surface area contributed by atoms with Gasteiger partial charge >= 0.3 is 0 Å². The predicted octanol–water partition coefficient (Wildman–Crippen LogP) is 3.53. The van der Waals surface area contributed by atoms with E-state index in [4.69, 9.17) is 9.47 Å². The van der Waals surface area contributed by atoms with Gasteiger partial charge in [0.25, 0.3) is 0 Å². The van der Waals surface area contributed by atoms with E-state index in [1.54, 1.807) is 7.11 Å². The van der Waals surface area contributed by atoms with E-state index in [-0.39, 0.29) is 17.8 Å². The Kier molecular flexibility index (Phi) is 7.06. The number of hydrogen-bond donors (Lipinski definition) is 1. The van der Waals surface area contributed by atoms with Crippen LogP contribution in [0.15, 0.2) is 48.5 Å². The summed E-state index contributed by atoms with van der Waals surface area (Å²) in [5.74, 6) is 1.24. The molecule has 0 amide bonds. The van der Waals surface area contributed by atoms with Crippen LogP contribution in [0.5, 0.6) is 11.5 Å². The van der Waals surface area contributed by atoms with E-state index < -0.39 is 9.84 Å². The van der Waals surface area contributed by atoms with Crippen LogP contribution in [0.25, 0.3) is 0 Å². The molecule has 0 aliphatic carbocycles. The van der Waals surface area contributed by atoms with Crippen LogP contribution in [-0.2, 0) is 9.84 Å². The maximum Gasteiger partial charge on any atom is 0.161 e. The minimum Gasteiger partial charge on any atom is -0.493 e. The molecule has 6 heteroatoms. The largest absolute Gasteiger partial charge is 0.493 e. The highest BCUT2D eigenvalue weighted by Gasteiger charge is 2.21. The second-order valence-corrected chi connectivity index (χ2v) is 8.47. The lowest BCUT2D eigenvalue weighted by Crippen LogP contribution is -2.30. The summed E-state index contributed by atoms with van der Waals surface area (Å²) in [6, 6.07) is 15.1. The van der Waals surface area contributed by atoms with Gasteiger partial charge in [0, 0.05) is 18.3 Å². The van der Waals surface area contributed by atoms with E-state index >= 15 is 0 Å². The Morgan fingerprint density at radius 3 is 2.31 bits per heavy atom. The first-order valence-corrected chi connectivity index (χ1v) is 10.7. The zero-order valence-corrected chi connectivity index (χ0v) is 16.5. The summed E-state index contributed by atoms with van der Waals surface area (Å²) in [5.41, 5.74) is 1.95. The van der Waals surface area contributed by atoms with Crippen molar-refractivity contribution in [3.05, 3.63) is 59.7 Å². The zero-order valence-electron chi connectivity index (χ0n) is 15.7. The highest BCUT2D eigenvalue weighted by molar-refractivity contribution is 7.90. The molecule has 2 rings (SSSR count). The van der Waals surface area contributed by atoms with Crippen LogP contribution in [0.2, 0.25) is 0 Å². The monoisotopic (exact) mass is 377 g/mol. The summed E-state index contributed by atoms with van der Waals surface area (Å²) in [6.07, 6.45) is 1.25. The van der Waals surface area contributed by atoms with Gasteiger partial charge in [-0.05, 0) is 37.1 Å². The van der Waals surface area contributed by atoms with Crippen LogP contribution in [0.1, 0.15) is 37.1 Å². The topological polar surface area (TPSA) is 64.6 Å². The van der Waals surface area contributed by atoms with Crippen LogP contribution in [0, 0.1) is 0 Å². The number of methoxy groups -OCH3 is 1. The molecule has 0 aliphatic rings. The first-order valence-electron chi connectivity index (χ1n) is 8.63. The molecule has 0 fully saturated rings. The van der Waals surface area contributed by atoms with E-state index in [9.17, 15) is 8.42 Å². The molecule has 0 spiro atoms. The number of nitrogens with one attached hydrogen (secondary N) is 1. The number of rotatable bonds is 9. The molecular weight excluding hydrogens is 350 g/mol. The van der Waals surface area contributed by atoms with Crippen molar-refractivity contribution < 1.29 is 17.9 Å². The van der Waals surface area contributed by atoms with Gasteiger partial charge in [0.1, 0.15) is 9.84 Å². The molecular formula is C20H27NO4S. The molecule has 0 radical (unpaired) electrons. The van der Waals surface area contributed by atoms with Crippen LogP contribution in [0.3, 0.4) is 0 Å². The second kappa shape index (κ2) is 9.05. The Hall–Kier alpha value is -2.05. The third-order valence-electron chi connectivity index (χ3n) is 4.11. The third kappa shape index (κ3) is 5.75. The summed E-state index contributed by atoms with van der Waals surface area (Å²) in [6.45, 7) is 4.43. The molecule has 0 saturated heterocycles. The number of benzene rings is 2. The first kappa shape index (κ1) is 20.3. The normalized spacial score (nSPS) is 13.8. The summed E-state index contributed by atoms with van der Waals surface area (Å²) in [4.78, 5) is 0. The van der Waals surface area contributed by atoms with Crippen LogP contribution in [0.4, 0.5) is 0 Å².